The van der Waals surface area contributed by atoms with Gasteiger partial charge in [0.15, 0.2) is 0 Å². The minimum atomic E-state index is -3.66. The number of amides is 1. The lowest BCUT2D eigenvalue weighted by Crippen LogP contribution is -2.52. The molecule has 1 amide bonds. The van der Waals surface area contributed by atoms with Crippen LogP contribution in [0.5, 0.6) is 0 Å². The average molecular weight is 311 g/mol. The third-order valence-corrected chi connectivity index (χ3v) is 5.68. The number of carbonyl (C=O) groups is 1. The third-order valence-electron chi connectivity index (χ3n) is 4.11. The third kappa shape index (κ3) is 3.09. The van der Waals surface area contributed by atoms with Crippen LogP contribution in [0.3, 0.4) is 0 Å². The highest BCUT2D eigenvalue weighted by Gasteiger charge is 2.31. The maximum atomic E-state index is 12.5. The van der Waals surface area contributed by atoms with Gasteiger partial charge in [-0.3, -0.25) is 4.79 Å². The van der Waals surface area contributed by atoms with E-state index < -0.39 is 15.6 Å². The van der Waals surface area contributed by atoms with Crippen molar-refractivity contribution in [2.75, 3.05) is 11.9 Å². The number of benzene rings is 1. The van der Waals surface area contributed by atoms with Gasteiger partial charge in [-0.15, -0.1) is 0 Å². The van der Waals surface area contributed by atoms with E-state index in [4.69, 9.17) is 5.73 Å². The highest BCUT2D eigenvalue weighted by Crippen LogP contribution is 2.27. The molecule has 0 aromatic heterocycles. The smallest absolute Gasteiger partial charge is 0.241 e. The molecule has 1 aliphatic rings. The van der Waals surface area contributed by atoms with Gasteiger partial charge >= 0.3 is 0 Å². The summed E-state index contributed by atoms with van der Waals surface area (Å²) < 4.78 is 27.8. The van der Waals surface area contributed by atoms with E-state index in [-0.39, 0.29) is 23.8 Å². The molecule has 21 heavy (non-hydrogen) atoms. The van der Waals surface area contributed by atoms with Gasteiger partial charge in [0.1, 0.15) is 0 Å². The van der Waals surface area contributed by atoms with Crippen molar-refractivity contribution in [2.45, 2.75) is 43.5 Å². The molecule has 0 saturated carbocycles. The summed E-state index contributed by atoms with van der Waals surface area (Å²) in [5.74, 6) is -0.120. The molecule has 0 radical (unpaired) electrons. The lowest BCUT2D eigenvalue weighted by Gasteiger charge is -2.31. The Bertz CT molecular complexity index is 643. The number of hydrogen-bond acceptors (Lipinski definition) is 4. The van der Waals surface area contributed by atoms with Crippen molar-refractivity contribution in [3.63, 3.8) is 0 Å². The van der Waals surface area contributed by atoms with E-state index in [1.807, 2.05) is 13.8 Å². The molecule has 0 spiro atoms. The zero-order chi connectivity index (χ0) is 15.7. The lowest BCUT2D eigenvalue weighted by atomic mass is 9.95. The number of rotatable bonds is 6. The molecule has 4 N–H and O–H groups in total. The Kier molecular flexibility index (Phi) is 4.36. The molecule has 0 fully saturated rings. The first-order valence-electron chi connectivity index (χ1n) is 7.02. The monoisotopic (exact) mass is 311 g/mol. The summed E-state index contributed by atoms with van der Waals surface area (Å²) in [5.41, 5.74) is 6.49. The predicted octanol–water partition coefficient (Wildman–Crippen LogP) is 0.977. The average Bonchev–Trinajstić information content (AvgIpc) is 2.84. The van der Waals surface area contributed by atoms with Crippen LogP contribution in [-0.2, 0) is 21.2 Å². The number of anilines is 1. The molecule has 0 saturated heterocycles. The maximum Gasteiger partial charge on any atom is 0.241 e. The van der Waals surface area contributed by atoms with Crippen molar-refractivity contribution < 1.29 is 13.2 Å². The Hall–Kier alpha value is -1.44. The fraction of sp³-hybridized carbons (Fsp3) is 0.500. The highest BCUT2D eigenvalue weighted by molar-refractivity contribution is 7.89. The topological polar surface area (TPSA) is 101 Å². The second-order valence-electron chi connectivity index (χ2n) is 5.34. The largest absolute Gasteiger partial charge is 0.329 e. The van der Waals surface area contributed by atoms with Crippen molar-refractivity contribution >= 4 is 21.6 Å². The molecule has 116 valence electrons. The second kappa shape index (κ2) is 5.75. The molecule has 0 bridgehead atoms. The van der Waals surface area contributed by atoms with Crippen molar-refractivity contribution in [1.29, 1.82) is 0 Å². The quantitative estimate of drug-likeness (QED) is 0.729. The Balaban J connectivity index is 2.33. The first-order valence-corrected chi connectivity index (χ1v) is 8.51. The van der Waals surface area contributed by atoms with Crippen LogP contribution in [0.15, 0.2) is 23.1 Å². The summed E-state index contributed by atoms with van der Waals surface area (Å²) in [7, 11) is -3.66. The Labute approximate surface area is 125 Å². The first kappa shape index (κ1) is 15.9. The minimum Gasteiger partial charge on any atom is -0.329 e. The van der Waals surface area contributed by atoms with Crippen molar-refractivity contribution in [3.8, 4) is 0 Å². The van der Waals surface area contributed by atoms with E-state index in [0.717, 1.165) is 0 Å². The van der Waals surface area contributed by atoms with E-state index in [9.17, 15) is 13.2 Å². The molecular formula is C14H21N3O3S. The lowest BCUT2D eigenvalue weighted by molar-refractivity contribution is -0.115. The van der Waals surface area contributed by atoms with Gasteiger partial charge in [-0.25, -0.2) is 13.1 Å². The first-order chi connectivity index (χ1) is 9.85. The zero-order valence-electron chi connectivity index (χ0n) is 12.3. The fourth-order valence-electron chi connectivity index (χ4n) is 2.44. The molecule has 7 heteroatoms. The van der Waals surface area contributed by atoms with E-state index in [1.165, 1.54) is 6.07 Å². The molecule has 0 atom stereocenters. The second-order valence-corrected chi connectivity index (χ2v) is 7.02. The summed E-state index contributed by atoms with van der Waals surface area (Å²) in [6, 6.07) is 4.67. The van der Waals surface area contributed by atoms with Gasteiger partial charge in [-0.05, 0) is 36.6 Å². The summed E-state index contributed by atoms with van der Waals surface area (Å²) >= 11 is 0. The molecule has 1 aliphatic heterocycles. The molecule has 6 nitrogen and oxygen atoms in total. The Morgan fingerprint density at radius 3 is 2.57 bits per heavy atom. The van der Waals surface area contributed by atoms with E-state index in [0.29, 0.717) is 24.1 Å². The number of nitrogens with two attached hydrogens (primary N) is 1. The summed E-state index contributed by atoms with van der Waals surface area (Å²) in [6.45, 7) is 4.05. The highest BCUT2D eigenvalue weighted by atomic mass is 32.2. The van der Waals surface area contributed by atoms with Crippen LogP contribution in [0.4, 0.5) is 5.69 Å². The number of sulfonamides is 1. The normalized spacial score (nSPS) is 14.9. The summed E-state index contributed by atoms with van der Waals surface area (Å²) in [5, 5.41) is 2.68. The van der Waals surface area contributed by atoms with Gasteiger partial charge < -0.3 is 11.1 Å². The standard InChI is InChI=1S/C14H21N3O3S/c1-3-14(4-2,9-15)17-21(19,20)11-5-6-12-10(7-11)8-13(18)16-12/h5-7,17H,3-4,8-9,15H2,1-2H3,(H,16,18). The SMILES string of the molecule is CCC(CC)(CN)NS(=O)(=O)c1ccc2c(c1)CC(=O)N2. The van der Waals surface area contributed by atoms with Gasteiger partial charge in [0, 0.05) is 17.8 Å². The van der Waals surface area contributed by atoms with Crippen LogP contribution < -0.4 is 15.8 Å². The van der Waals surface area contributed by atoms with Crippen LogP contribution in [0.2, 0.25) is 0 Å². The van der Waals surface area contributed by atoms with Gasteiger partial charge in [-0.2, -0.15) is 0 Å². The van der Waals surface area contributed by atoms with Crippen molar-refractivity contribution in [3.05, 3.63) is 23.8 Å². The summed E-state index contributed by atoms with van der Waals surface area (Å²) in [6.07, 6.45) is 1.44. The van der Waals surface area contributed by atoms with Crippen LogP contribution >= 0.6 is 0 Å². The fourth-order valence-corrected chi connectivity index (χ4v) is 4.05. The van der Waals surface area contributed by atoms with Crippen LogP contribution in [0, 0.1) is 0 Å². The van der Waals surface area contributed by atoms with E-state index in [1.54, 1.807) is 12.1 Å². The minimum absolute atomic E-state index is 0.120. The number of fused-ring (bicyclic) bond motifs is 1. The molecule has 0 unspecified atom stereocenters. The predicted molar refractivity (Wildman–Crippen MR) is 81.5 cm³/mol. The maximum absolute atomic E-state index is 12.5. The molecule has 1 heterocycles. The molecule has 1 aromatic carbocycles. The van der Waals surface area contributed by atoms with Gasteiger partial charge in [-0.1, -0.05) is 13.8 Å². The van der Waals surface area contributed by atoms with E-state index >= 15 is 0 Å². The van der Waals surface area contributed by atoms with Crippen molar-refractivity contribution in [2.24, 2.45) is 5.73 Å². The summed E-state index contributed by atoms with van der Waals surface area (Å²) in [4.78, 5) is 11.5. The van der Waals surface area contributed by atoms with Crippen molar-refractivity contribution in [1.82, 2.24) is 4.72 Å². The van der Waals surface area contributed by atoms with Crippen LogP contribution in [0.25, 0.3) is 0 Å². The van der Waals surface area contributed by atoms with Gasteiger partial charge in [0.05, 0.1) is 11.3 Å². The Morgan fingerprint density at radius 1 is 1.33 bits per heavy atom. The molecule has 0 aliphatic carbocycles. The zero-order valence-corrected chi connectivity index (χ0v) is 13.1. The van der Waals surface area contributed by atoms with E-state index in [2.05, 4.69) is 10.0 Å². The van der Waals surface area contributed by atoms with Gasteiger partial charge in [0.25, 0.3) is 0 Å². The number of carbonyl (C=O) groups excluding carboxylic acids is 1. The molecular weight excluding hydrogens is 290 g/mol. The molecule has 1 aromatic rings. The van der Waals surface area contributed by atoms with Crippen LogP contribution in [-0.4, -0.2) is 26.4 Å². The van der Waals surface area contributed by atoms with Crippen LogP contribution in [0.1, 0.15) is 32.3 Å². The number of nitrogens with one attached hydrogen (secondary N) is 2. The Morgan fingerprint density at radius 2 is 2.00 bits per heavy atom. The van der Waals surface area contributed by atoms with Gasteiger partial charge in [0.2, 0.25) is 15.9 Å². The number of hydrogen-bond donors (Lipinski definition) is 3. The molecule has 2 rings (SSSR count).